The van der Waals surface area contributed by atoms with Crippen molar-refractivity contribution in [3.05, 3.63) is 12.4 Å². The van der Waals surface area contributed by atoms with Gasteiger partial charge in [0.1, 0.15) is 0 Å². The van der Waals surface area contributed by atoms with Crippen LogP contribution in [0.15, 0.2) is 12.4 Å². The highest BCUT2D eigenvalue weighted by Gasteiger charge is 2.26. The largest absolute Gasteiger partial charge is 0.338 e. The Bertz CT molecular complexity index is 406. The maximum atomic E-state index is 11.8. The molecule has 0 radical (unpaired) electrons. The first kappa shape index (κ1) is 14.8. The fourth-order valence-corrected chi connectivity index (χ4v) is 2.89. The van der Waals surface area contributed by atoms with Crippen molar-refractivity contribution in [2.24, 2.45) is 11.8 Å². The second-order valence-corrected chi connectivity index (χ2v) is 5.92. The van der Waals surface area contributed by atoms with E-state index < -0.39 is 0 Å². The van der Waals surface area contributed by atoms with Gasteiger partial charge in [0.15, 0.2) is 0 Å². The number of urea groups is 1. The molecule has 1 saturated carbocycles. The fraction of sp³-hybridized carbons (Fsp3) is 0.786. The number of hydrogen-bond donors (Lipinski definition) is 2. The molecule has 2 rings (SSSR count). The number of aromatic nitrogens is 3. The van der Waals surface area contributed by atoms with Crippen LogP contribution >= 0.6 is 0 Å². The normalized spacial score (nSPS) is 26.2. The molecular formula is C14H25N5O. The predicted molar refractivity (Wildman–Crippen MR) is 77.1 cm³/mol. The first-order valence-electron chi connectivity index (χ1n) is 7.53. The van der Waals surface area contributed by atoms with Gasteiger partial charge in [-0.05, 0) is 37.5 Å². The number of hydrogen-bond acceptors (Lipinski definition) is 3. The Balaban J connectivity index is 1.60. The quantitative estimate of drug-likeness (QED) is 0.807. The van der Waals surface area contributed by atoms with Crippen LogP contribution in [0, 0.1) is 11.8 Å². The number of nitrogens with zero attached hydrogens (tertiary/aromatic N) is 3. The van der Waals surface area contributed by atoms with E-state index in [1.807, 2.05) is 6.20 Å². The van der Waals surface area contributed by atoms with E-state index in [0.717, 1.165) is 25.3 Å². The molecule has 0 aromatic carbocycles. The third-order valence-electron chi connectivity index (χ3n) is 4.07. The minimum atomic E-state index is -0.0463. The molecule has 2 N–H and O–H groups in total. The van der Waals surface area contributed by atoms with Crippen LogP contribution in [0.2, 0.25) is 0 Å². The van der Waals surface area contributed by atoms with Crippen LogP contribution in [0.1, 0.15) is 39.5 Å². The third-order valence-corrected chi connectivity index (χ3v) is 4.07. The molecule has 0 bridgehead atoms. The predicted octanol–water partition coefficient (Wildman–Crippen LogP) is 1.79. The summed E-state index contributed by atoms with van der Waals surface area (Å²) in [5, 5.41) is 13.6. The summed E-state index contributed by atoms with van der Waals surface area (Å²) in [6, 6.07) is 0.275. The Kier molecular flexibility index (Phi) is 5.38. The Morgan fingerprint density at radius 2 is 2.25 bits per heavy atom. The van der Waals surface area contributed by atoms with E-state index in [-0.39, 0.29) is 6.03 Å². The van der Waals surface area contributed by atoms with Crippen molar-refractivity contribution in [2.75, 3.05) is 6.54 Å². The third kappa shape index (κ3) is 4.51. The summed E-state index contributed by atoms with van der Waals surface area (Å²) in [5.41, 5.74) is 0. The molecule has 20 heavy (non-hydrogen) atoms. The van der Waals surface area contributed by atoms with Gasteiger partial charge in [0, 0.05) is 25.3 Å². The van der Waals surface area contributed by atoms with Crippen LogP contribution in [0.4, 0.5) is 4.79 Å². The lowest BCUT2D eigenvalue weighted by Gasteiger charge is -2.33. The number of carbonyl (C=O) groups is 1. The van der Waals surface area contributed by atoms with Crippen molar-refractivity contribution in [1.29, 1.82) is 0 Å². The molecular weight excluding hydrogens is 254 g/mol. The summed E-state index contributed by atoms with van der Waals surface area (Å²) in [6.45, 7) is 5.95. The lowest BCUT2D eigenvalue weighted by Crippen LogP contribution is -2.47. The molecule has 1 aromatic rings. The van der Waals surface area contributed by atoms with Gasteiger partial charge in [-0.3, -0.25) is 4.68 Å². The minimum Gasteiger partial charge on any atom is -0.338 e. The van der Waals surface area contributed by atoms with Crippen molar-refractivity contribution >= 4 is 6.03 Å². The summed E-state index contributed by atoms with van der Waals surface area (Å²) in [4.78, 5) is 11.8. The molecule has 3 atom stereocenters. The molecule has 0 saturated heterocycles. The summed E-state index contributed by atoms with van der Waals surface area (Å²) < 4.78 is 1.77. The van der Waals surface area contributed by atoms with Crippen LogP contribution in [0.3, 0.4) is 0 Å². The first-order valence-corrected chi connectivity index (χ1v) is 7.53. The minimum absolute atomic E-state index is 0.0463. The van der Waals surface area contributed by atoms with Crippen LogP contribution in [0.25, 0.3) is 0 Å². The van der Waals surface area contributed by atoms with Gasteiger partial charge in [-0.25, -0.2) is 4.79 Å². The molecule has 0 spiro atoms. The van der Waals surface area contributed by atoms with Crippen LogP contribution < -0.4 is 10.6 Å². The van der Waals surface area contributed by atoms with E-state index in [0.29, 0.717) is 18.5 Å². The molecule has 6 heteroatoms. The Morgan fingerprint density at radius 1 is 1.40 bits per heavy atom. The smallest absolute Gasteiger partial charge is 0.315 e. The Hall–Kier alpha value is -1.59. The molecule has 0 unspecified atom stereocenters. The van der Waals surface area contributed by atoms with Gasteiger partial charge in [0.2, 0.25) is 0 Å². The van der Waals surface area contributed by atoms with Gasteiger partial charge in [0.05, 0.1) is 6.20 Å². The lowest BCUT2D eigenvalue weighted by molar-refractivity contribution is 0.206. The maximum Gasteiger partial charge on any atom is 0.315 e. The fourth-order valence-electron chi connectivity index (χ4n) is 2.89. The number of carbonyl (C=O) groups excluding carboxylic acids is 1. The van der Waals surface area contributed by atoms with Crippen molar-refractivity contribution < 1.29 is 4.79 Å². The van der Waals surface area contributed by atoms with Crippen molar-refractivity contribution in [3.8, 4) is 0 Å². The first-order chi connectivity index (χ1) is 9.65. The molecule has 1 aliphatic carbocycles. The van der Waals surface area contributed by atoms with Gasteiger partial charge >= 0.3 is 6.03 Å². The Morgan fingerprint density at radius 3 is 2.95 bits per heavy atom. The van der Waals surface area contributed by atoms with E-state index in [1.54, 1.807) is 10.9 Å². The highest BCUT2D eigenvalue weighted by Crippen LogP contribution is 2.28. The summed E-state index contributed by atoms with van der Waals surface area (Å²) >= 11 is 0. The Labute approximate surface area is 120 Å². The lowest BCUT2D eigenvalue weighted by atomic mass is 9.80. The molecule has 1 fully saturated rings. The highest BCUT2D eigenvalue weighted by molar-refractivity contribution is 5.74. The molecule has 112 valence electrons. The summed E-state index contributed by atoms with van der Waals surface area (Å²) in [6.07, 6.45) is 7.85. The van der Waals surface area contributed by atoms with Gasteiger partial charge in [-0.2, -0.15) is 0 Å². The molecule has 0 aliphatic heterocycles. The number of aryl methyl sites for hydroxylation is 1. The molecule has 1 aromatic heterocycles. The summed E-state index contributed by atoms with van der Waals surface area (Å²) in [5.74, 6) is 1.36. The van der Waals surface area contributed by atoms with E-state index >= 15 is 0 Å². The van der Waals surface area contributed by atoms with E-state index in [2.05, 4.69) is 34.8 Å². The number of nitrogens with one attached hydrogen (secondary N) is 2. The van der Waals surface area contributed by atoms with Crippen molar-refractivity contribution in [3.63, 3.8) is 0 Å². The summed E-state index contributed by atoms with van der Waals surface area (Å²) in [7, 11) is 0. The zero-order chi connectivity index (χ0) is 14.4. The van der Waals surface area contributed by atoms with Gasteiger partial charge in [-0.15, -0.1) is 5.10 Å². The van der Waals surface area contributed by atoms with Gasteiger partial charge in [-0.1, -0.05) is 19.1 Å². The van der Waals surface area contributed by atoms with E-state index in [1.165, 1.54) is 12.8 Å². The SMILES string of the molecule is C[C@@H]1CC[C@@H](NC(=O)NCCCn2ccnn2)[C@H](C)C1. The van der Waals surface area contributed by atoms with Crippen LogP contribution in [0.5, 0.6) is 0 Å². The molecule has 2 amide bonds. The average Bonchev–Trinajstić information content (AvgIpc) is 2.91. The second-order valence-electron chi connectivity index (χ2n) is 5.92. The second kappa shape index (κ2) is 7.26. The standard InChI is InChI=1S/C14H25N5O/c1-11-4-5-13(12(2)10-11)17-14(20)15-6-3-8-19-9-7-16-18-19/h7,9,11-13H,3-6,8,10H2,1-2H3,(H2,15,17,20)/t11-,12-,13-/m1/s1. The monoisotopic (exact) mass is 279 g/mol. The average molecular weight is 279 g/mol. The van der Waals surface area contributed by atoms with Crippen LogP contribution in [-0.4, -0.2) is 33.6 Å². The zero-order valence-electron chi connectivity index (χ0n) is 12.4. The molecule has 1 heterocycles. The van der Waals surface area contributed by atoms with Gasteiger partial charge < -0.3 is 10.6 Å². The topological polar surface area (TPSA) is 71.8 Å². The zero-order valence-corrected chi connectivity index (χ0v) is 12.4. The maximum absolute atomic E-state index is 11.8. The number of rotatable bonds is 5. The van der Waals surface area contributed by atoms with E-state index in [4.69, 9.17) is 0 Å². The van der Waals surface area contributed by atoms with E-state index in [9.17, 15) is 4.79 Å². The van der Waals surface area contributed by atoms with Crippen LogP contribution in [-0.2, 0) is 6.54 Å². The van der Waals surface area contributed by atoms with Crippen molar-refractivity contribution in [1.82, 2.24) is 25.6 Å². The van der Waals surface area contributed by atoms with Gasteiger partial charge in [0.25, 0.3) is 0 Å². The molecule has 1 aliphatic rings. The molecule has 6 nitrogen and oxygen atoms in total. The highest BCUT2D eigenvalue weighted by atomic mass is 16.2. The number of amides is 2. The van der Waals surface area contributed by atoms with Crippen molar-refractivity contribution in [2.45, 2.75) is 52.1 Å².